The van der Waals surface area contributed by atoms with E-state index in [2.05, 4.69) is 62.5 Å². The Morgan fingerprint density at radius 2 is 1.93 bits per heavy atom. The third-order valence-electron chi connectivity index (χ3n) is 5.36. The average Bonchev–Trinajstić information content (AvgIpc) is 3.18. The molecule has 4 aromatic rings. The number of hydrogen-bond donors (Lipinski definition) is 1. The van der Waals surface area contributed by atoms with Crippen LogP contribution in [-0.2, 0) is 6.42 Å². The summed E-state index contributed by atoms with van der Waals surface area (Å²) in [6.45, 7) is 1.03. The molecule has 2 N–H and O–H groups in total. The fraction of sp³-hybridized carbons (Fsp3) is 0.174. The summed E-state index contributed by atoms with van der Waals surface area (Å²) in [5.74, 6) is 2.07. The minimum Gasteiger partial charge on any atom is -0.383 e. The van der Waals surface area contributed by atoms with Crippen LogP contribution in [0.1, 0.15) is 29.3 Å². The number of rotatable bonds is 5. The topological polar surface area (TPSA) is 81.1 Å². The molecule has 0 radical (unpaired) electrons. The van der Waals surface area contributed by atoms with Crippen molar-refractivity contribution in [3.63, 3.8) is 0 Å². The highest BCUT2D eigenvalue weighted by atomic mass is 16.5. The van der Waals surface area contributed by atoms with Crippen LogP contribution in [0.25, 0.3) is 11.3 Å². The third kappa shape index (κ3) is 3.45. The quantitative estimate of drug-likeness (QED) is 0.555. The second kappa shape index (κ2) is 7.39. The molecule has 0 amide bonds. The van der Waals surface area contributed by atoms with E-state index in [4.69, 9.17) is 10.3 Å². The monoisotopic (exact) mass is 383 g/mol. The van der Waals surface area contributed by atoms with Crippen LogP contribution in [0, 0.1) is 0 Å². The fourth-order valence-corrected chi connectivity index (χ4v) is 3.73. The Morgan fingerprint density at radius 3 is 2.66 bits per heavy atom. The Balaban J connectivity index is 1.29. The van der Waals surface area contributed by atoms with Crippen molar-refractivity contribution in [2.75, 3.05) is 17.2 Å². The zero-order valence-electron chi connectivity index (χ0n) is 15.9. The van der Waals surface area contributed by atoms with Gasteiger partial charge in [-0.05, 0) is 35.7 Å². The Labute approximate surface area is 169 Å². The van der Waals surface area contributed by atoms with Gasteiger partial charge in [-0.1, -0.05) is 41.6 Å². The number of pyridine rings is 2. The van der Waals surface area contributed by atoms with E-state index in [0.717, 1.165) is 35.6 Å². The number of anilines is 2. The maximum atomic E-state index is 5.92. The molecule has 5 rings (SSSR count). The lowest BCUT2D eigenvalue weighted by Crippen LogP contribution is -2.41. The molecule has 0 spiro atoms. The number of nitrogens with zero attached hydrogens (tertiary/aromatic N) is 4. The Morgan fingerprint density at radius 1 is 1.03 bits per heavy atom. The molecule has 1 unspecified atom stereocenters. The average molecular weight is 383 g/mol. The van der Waals surface area contributed by atoms with Crippen LogP contribution in [0.4, 0.5) is 11.6 Å². The Kier molecular flexibility index (Phi) is 4.44. The molecule has 144 valence electrons. The summed E-state index contributed by atoms with van der Waals surface area (Å²) in [5, 5.41) is 4.17. The number of nitrogens with two attached hydrogens (primary N) is 1. The van der Waals surface area contributed by atoms with Crippen LogP contribution in [0.15, 0.2) is 77.6 Å². The first kappa shape index (κ1) is 17.4. The highest BCUT2D eigenvalue weighted by Crippen LogP contribution is 2.36. The van der Waals surface area contributed by atoms with Gasteiger partial charge in [0.1, 0.15) is 11.6 Å². The summed E-state index contributed by atoms with van der Waals surface area (Å²) in [5.41, 5.74) is 9.94. The predicted molar refractivity (Wildman–Crippen MR) is 112 cm³/mol. The van der Waals surface area contributed by atoms with Crippen LogP contribution in [0.3, 0.4) is 0 Å². The maximum Gasteiger partial charge on any atom is 0.170 e. The maximum absolute atomic E-state index is 5.92. The van der Waals surface area contributed by atoms with Crippen molar-refractivity contribution >= 4 is 11.6 Å². The van der Waals surface area contributed by atoms with Crippen molar-refractivity contribution < 1.29 is 4.52 Å². The lowest BCUT2D eigenvalue weighted by Gasteiger charge is -2.42. The molecule has 1 aliphatic heterocycles. The highest BCUT2D eigenvalue weighted by molar-refractivity contribution is 5.69. The number of aromatic nitrogens is 3. The van der Waals surface area contributed by atoms with Crippen molar-refractivity contribution in [1.82, 2.24) is 15.1 Å². The molecule has 0 saturated carbocycles. The van der Waals surface area contributed by atoms with E-state index >= 15 is 0 Å². The standard InChI is InChI=1S/C23H21N5O/c24-23-19(7-4-11-25-23)21-14-18(27-29-21)13-16-8-9-22(26-15-16)28-12-10-20(28)17-5-2-1-3-6-17/h1-9,11,14-15,20H,10,12-13H2,(H2,24,25). The van der Waals surface area contributed by atoms with E-state index in [0.29, 0.717) is 24.0 Å². The molecule has 29 heavy (non-hydrogen) atoms. The molecule has 1 fully saturated rings. The van der Waals surface area contributed by atoms with E-state index in [1.165, 1.54) is 5.56 Å². The molecule has 6 heteroatoms. The van der Waals surface area contributed by atoms with Crippen molar-refractivity contribution in [3.8, 4) is 11.3 Å². The van der Waals surface area contributed by atoms with Crippen molar-refractivity contribution in [1.29, 1.82) is 0 Å². The van der Waals surface area contributed by atoms with Crippen molar-refractivity contribution in [2.24, 2.45) is 0 Å². The molecule has 6 nitrogen and oxygen atoms in total. The van der Waals surface area contributed by atoms with E-state index in [-0.39, 0.29) is 0 Å². The minimum atomic E-state index is 0.414. The number of benzene rings is 1. The summed E-state index contributed by atoms with van der Waals surface area (Å²) in [7, 11) is 0. The van der Waals surface area contributed by atoms with Gasteiger partial charge in [-0.25, -0.2) is 9.97 Å². The molecular formula is C23H21N5O. The molecule has 3 aromatic heterocycles. The Bertz CT molecular complexity index is 1110. The smallest absolute Gasteiger partial charge is 0.170 e. The molecule has 1 atom stereocenters. The largest absolute Gasteiger partial charge is 0.383 e. The molecule has 0 bridgehead atoms. The summed E-state index contributed by atoms with van der Waals surface area (Å²) in [4.78, 5) is 11.1. The minimum absolute atomic E-state index is 0.414. The van der Waals surface area contributed by atoms with Gasteiger partial charge in [0.2, 0.25) is 0 Å². The van der Waals surface area contributed by atoms with E-state index in [1.54, 1.807) is 6.20 Å². The van der Waals surface area contributed by atoms with E-state index in [1.807, 2.05) is 24.4 Å². The Hall–Kier alpha value is -3.67. The summed E-state index contributed by atoms with van der Waals surface area (Å²) < 4.78 is 5.46. The zero-order valence-corrected chi connectivity index (χ0v) is 15.9. The first-order valence-corrected chi connectivity index (χ1v) is 9.71. The third-order valence-corrected chi connectivity index (χ3v) is 5.36. The van der Waals surface area contributed by atoms with Crippen LogP contribution in [0.5, 0.6) is 0 Å². The van der Waals surface area contributed by atoms with Gasteiger partial charge in [0.15, 0.2) is 5.76 Å². The molecule has 1 aromatic carbocycles. The van der Waals surface area contributed by atoms with Gasteiger partial charge in [0.25, 0.3) is 0 Å². The summed E-state index contributed by atoms with van der Waals surface area (Å²) >= 11 is 0. The van der Waals surface area contributed by atoms with Crippen molar-refractivity contribution in [2.45, 2.75) is 18.9 Å². The second-order valence-electron chi connectivity index (χ2n) is 7.23. The highest BCUT2D eigenvalue weighted by Gasteiger charge is 2.30. The first-order valence-electron chi connectivity index (χ1n) is 9.71. The van der Waals surface area contributed by atoms with Crippen LogP contribution in [-0.4, -0.2) is 21.7 Å². The first-order chi connectivity index (χ1) is 14.3. The summed E-state index contributed by atoms with van der Waals surface area (Å²) in [6.07, 6.45) is 5.39. The van der Waals surface area contributed by atoms with Gasteiger partial charge in [0, 0.05) is 31.4 Å². The molecule has 1 saturated heterocycles. The molecule has 4 heterocycles. The van der Waals surface area contributed by atoms with Crippen molar-refractivity contribution in [3.05, 3.63) is 89.9 Å². The number of hydrogen-bond acceptors (Lipinski definition) is 6. The zero-order chi connectivity index (χ0) is 19.6. The lowest BCUT2D eigenvalue weighted by molar-refractivity contribution is 0.425. The van der Waals surface area contributed by atoms with Gasteiger partial charge in [-0.3, -0.25) is 0 Å². The summed E-state index contributed by atoms with van der Waals surface area (Å²) in [6, 6.07) is 20.8. The van der Waals surface area contributed by atoms with Crippen LogP contribution in [0.2, 0.25) is 0 Å². The van der Waals surface area contributed by atoms with Gasteiger partial charge >= 0.3 is 0 Å². The van der Waals surface area contributed by atoms with Crippen LogP contribution >= 0.6 is 0 Å². The van der Waals surface area contributed by atoms with Gasteiger partial charge < -0.3 is 15.2 Å². The lowest BCUT2D eigenvalue weighted by atomic mass is 9.95. The number of nitrogen functional groups attached to an aromatic ring is 1. The van der Waals surface area contributed by atoms with Crippen LogP contribution < -0.4 is 10.6 Å². The second-order valence-corrected chi connectivity index (χ2v) is 7.23. The van der Waals surface area contributed by atoms with E-state index in [9.17, 15) is 0 Å². The molecule has 0 aliphatic carbocycles. The van der Waals surface area contributed by atoms with Gasteiger partial charge in [0.05, 0.1) is 17.3 Å². The fourth-order valence-electron chi connectivity index (χ4n) is 3.73. The SMILES string of the molecule is Nc1ncccc1-c1cc(Cc2ccc(N3CCC3c3ccccc3)nc2)no1. The predicted octanol–water partition coefficient (Wildman–Crippen LogP) is 4.26. The molecule has 1 aliphatic rings. The van der Waals surface area contributed by atoms with E-state index < -0.39 is 0 Å². The normalized spacial score (nSPS) is 15.9. The molecular weight excluding hydrogens is 362 g/mol. The van der Waals surface area contributed by atoms with Gasteiger partial charge in [-0.15, -0.1) is 0 Å². The van der Waals surface area contributed by atoms with Gasteiger partial charge in [-0.2, -0.15) is 0 Å².